The maximum absolute atomic E-state index is 12.4. The van der Waals surface area contributed by atoms with Gasteiger partial charge < -0.3 is 11.1 Å². The molecular weight excluding hydrogens is 272 g/mol. The second-order valence-electron chi connectivity index (χ2n) is 6.00. The van der Waals surface area contributed by atoms with Crippen molar-refractivity contribution >= 4 is 23.2 Å². The van der Waals surface area contributed by atoms with Crippen LogP contribution in [0, 0.1) is 11.8 Å². The topological polar surface area (TPSA) is 55.1 Å². The van der Waals surface area contributed by atoms with Crippen LogP contribution in [0.15, 0.2) is 18.2 Å². The molecule has 110 valence electrons. The normalized spacial score (nSPS) is 22.8. The number of nitrogens with one attached hydrogen (secondary N) is 1. The van der Waals surface area contributed by atoms with E-state index >= 15 is 0 Å². The molecule has 0 aromatic heterocycles. The Bertz CT molecular complexity index is 487. The van der Waals surface area contributed by atoms with E-state index in [9.17, 15) is 4.79 Å². The zero-order valence-electron chi connectivity index (χ0n) is 12.2. The minimum atomic E-state index is -0.0864. The lowest BCUT2D eigenvalue weighted by Gasteiger charge is -2.35. The number of carbonyl (C=O) groups is 1. The molecule has 0 bridgehead atoms. The SMILES string of the molecule is CC(C)C1CCCCC1NC(=O)c1ccc(Cl)cc1N. The van der Waals surface area contributed by atoms with Crippen LogP contribution in [-0.2, 0) is 0 Å². The average Bonchev–Trinajstić information content (AvgIpc) is 2.38. The van der Waals surface area contributed by atoms with E-state index in [0.717, 1.165) is 6.42 Å². The fourth-order valence-electron chi connectivity index (χ4n) is 3.12. The number of amides is 1. The van der Waals surface area contributed by atoms with E-state index in [0.29, 0.717) is 28.1 Å². The van der Waals surface area contributed by atoms with Crippen LogP contribution < -0.4 is 11.1 Å². The fourth-order valence-corrected chi connectivity index (χ4v) is 3.30. The molecule has 4 heteroatoms. The molecule has 0 spiro atoms. The number of halogens is 1. The Kier molecular flexibility index (Phi) is 4.92. The molecule has 1 aliphatic carbocycles. The van der Waals surface area contributed by atoms with E-state index in [1.165, 1.54) is 19.3 Å². The first kappa shape index (κ1) is 15.2. The molecule has 1 amide bonds. The van der Waals surface area contributed by atoms with Gasteiger partial charge >= 0.3 is 0 Å². The van der Waals surface area contributed by atoms with Crippen molar-refractivity contribution in [2.24, 2.45) is 11.8 Å². The third-order valence-electron chi connectivity index (χ3n) is 4.25. The van der Waals surface area contributed by atoms with E-state index in [1.54, 1.807) is 18.2 Å². The Hall–Kier alpha value is -1.22. The van der Waals surface area contributed by atoms with Gasteiger partial charge in [-0.2, -0.15) is 0 Å². The van der Waals surface area contributed by atoms with Gasteiger partial charge in [0, 0.05) is 16.8 Å². The number of rotatable bonds is 3. The van der Waals surface area contributed by atoms with Gasteiger partial charge in [-0.15, -0.1) is 0 Å². The Labute approximate surface area is 125 Å². The number of nitrogen functional groups attached to an aromatic ring is 1. The highest BCUT2D eigenvalue weighted by atomic mass is 35.5. The highest BCUT2D eigenvalue weighted by Gasteiger charge is 2.29. The first-order valence-electron chi connectivity index (χ1n) is 7.35. The highest BCUT2D eigenvalue weighted by molar-refractivity contribution is 6.31. The summed E-state index contributed by atoms with van der Waals surface area (Å²) in [4.78, 5) is 12.4. The molecule has 0 saturated heterocycles. The molecule has 0 radical (unpaired) electrons. The Balaban J connectivity index is 2.09. The molecule has 1 saturated carbocycles. The summed E-state index contributed by atoms with van der Waals surface area (Å²) in [6.45, 7) is 4.46. The lowest BCUT2D eigenvalue weighted by atomic mass is 9.78. The van der Waals surface area contributed by atoms with Crippen LogP contribution in [0.25, 0.3) is 0 Å². The number of hydrogen-bond acceptors (Lipinski definition) is 2. The van der Waals surface area contributed by atoms with Gasteiger partial charge in [0.15, 0.2) is 0 Å². The maximum Gasteiger partial charge on any atom is 0.253 e. The minimum absolute atomic E-state index is 0.0864. The van der Waals surface area contributed by atoms with Crippen molar-refractivity contribution in [1.29, 1.82) is 0 Å². The molecule has 2 rings (SSSR count). The van der Waals surface area contributed by atoms with Crippen molar-refractivity contribution in [3.8, 4) is 0 Å². The summed E-state index contributed by atoms with van der Waals surface area (Å²) in [5, 5.41) is 3.72. The molecule has 0 heterocycles. The number of nitrogens with two attached hydrogens (primary N) is 1. The second kappa shape index (κ2) is 6.49. The van der Waals surface area contributed by atoms with E-state index < -0.39 is 0 Å². The molecule has 1 aliphatic rings. The van der Waals surface area contributed by atoms with Crippen molar-refractivity contribution in [3.05, 3.63) is 28.8 Å². The van der Waals surface area contributed by atoms with Crippen LogP contribution in [0.5, 0.6) is 0 Å². The average molecular weight is 295 g/mol. The molecule has 0 aliphatic heterocycles. The summed E-state index contributed by atoms with van der Waals surface area (Å²) >= 11 is 5.87. The molecular formula is C16H23ClN2O. The molecule has 20 heavy (non-hydrogen) atoms. The number of hydrogen-bond donors (Lipinski definition) is 2. The largest absolute Gasteiger partial charge is 0.398 e. The molecule has 1 aromatic rings. The van der Waals surface area contributed by atoms with Gasteiger partial charge in [-0.25, -0.2) is 0 Å². The van der Waals surface area contributed by atoms with E-state index in [-0.39, 0.29) is 11.9 Å². The van der Waals surface area contributed by atoms with Crippen LogP contribution in [0.2, 0.25) is 5.02 Å². The smallest absolute Gasteiger partial charge is 0.253 e. The Morgan fingerprint density at radius 2 is 2.05 bits per heavy atom. The lowest BCUT2D eigenvalue weighted by Crippen LogP contribution is -2.44. The van der Waals surface area contributed by atoms with Crippen LogP contribution in [0.4, 0.5) is 5.69 Å². The van der Waals surface area contributed by atoms with Crippen molar-refractivity contribution in [2.45, 2.75) is 45.6 Å². The maximum atomic E-state index is 12.4. The van der Waals surface area contributed by atoms with E-state index in [1.807, 2.05) is 0 Å². The van der Waals surface area contributed by atoms with E-state index in [2.05, 4.69) is 19.2 Å². The van der Waals surface area contributed by atoms with E-state index in [4.69, 9.17) is 17.3 Å². The van der Waals surface area contributed by atoms with Crippen molar-refractivity contribution in [2.75, 3.05) is 5.73 Å². The molecule has 2 atom stereocenters. The monoisotopic (exact) mass is 294 g/mol. The summed E-state index contributed by atoms with van der Waals surface area (Å²) in [7, 11) is 0. The molecule has 1 aromatic carbocycles. The van der Waals surface area contributed by atoms with Gasteiger partial charge in [0.25, 0.3) is 5.91 Å². The van der Waals surface area contributed by atoms with Crippen molar-refractivity contribution in [3.63, 3.8) is 0 Å². The Morgan fingerprint density at radius 3 is 2.70 bits per heavy atom. The van der Waals surface area contributed by atoms with Gasteiger partial charge in [0.1, 0.15) is 0 Å². The Morgan fingerprint density at radius 1 is 1.35 bits per heavy atom. The van der Waals surface area contributed by atoms with Crippen molar-refractivity contribution in [1.82, 2.24) is 5.32 Å². The quantitative estimate of drug-likeness (QED) is 0.832. The van der Waals surface area contributed by atoms with Gasteiger partial charge in [-0.1, -0.05) is 38.3 Å². The molecule has 1 fully saturated rings. The fraction of sp³-hybridized carbons (Fsp3) is 0.562. The minimum Gasteiger partial charge on any atom is -0.398 e. The van der Waals surface area contributed by atoms with Crippen LogP contribution in [0.1, 0.15) is 49.9 Å². The lowest BCUT2D eigenvalue weighted by molar-refractivity contribution is 0.0890. The summed E-state index contributed by atoms with van der Waals surface area (Å²) in [6, 6.07) is 5.27. The van der Waals surface area contributed by atoms with Gasteiger partial charge in [0.05, 0.1) is 5.56 Å². The zero-order valence-corrected chi connectivity index (χ0v) is 12.9. The number of anilines is 1. The summed E-state index contributed by atoms with van der Waals surface area (Å²) in [5.41, 5.74) is 6.83. The first-order valence-corrected chi connectivity index (χ1v) is 7.72. The first-order chi connectivity index (χ1) is 9.49. The number of carbonyl (C=O) groups excluding carboxylic acids is 1. The van der Waals surface area contributed by atoms with Crippen LogP contribution >= 0.6 is 11.6 Å². The third kappa shape index (κ3) is 3.45. The summed E-state index contributed by atoms with van der Waals surface area (Å²) in [5.74, 6) is 1.06. The summed E-state index contributed by atoms with van der Waals surface area (Å²) in [6.07, 6.45) is 4.70. The van der Waals surface area contributed by atoms with Crippen LogP contribution in [0.3, 0.4) is 0 Å². The predicted octanol–water partition coefficient (Wildman–Crippen LogP) is 3.87. The molecule has 3 nitrogen and oxygen atoms in total. The highest BCUT2D eigenvalue weighted by Crippen LogP contribution is 2.30. The van der Waals surface area contributed by atoms with Crippen molar-refractivity contribution < 1.29 is 4.79 Å². The molecule has 2 unspecified atom stereocenters. The van der Waals surface area contributed by atoms with Gasteiger partial charge in [-0.3, -0.25) is 4.79 Å². The zero-order chi connectivity index (χ0) is 14.7. The predicted molar refractivity (Wildman–Crippen MR) is 83.9 cm³/mol. The number of benzene rings is 1. The second-order valence-corrected chi connectivity index (χ2v) is 6.44. The van der Waals surface area contributed by atoms with Crippen LogP contribution in [-0.4, -0.2) is 11.9 Å². The van der Waals surface area contributed by atoms with Gasteiger partial charge in [0.2, 0.25) is 0 Å². The standard InChI is InChI=1S/C16H23ClN2O/c1-10(2)12-5-3-4-6-15(12)19-16(20)13-8-7-11(17)9-14(13)18/h7-10,12,15H,3-6,18H2,1-2H3,(H,19,20). The van der Waals surface area contributed by atoms with Gasteiger partial charge in [-0.05, 0) is 42.9 Å². The summed E-state index contributed by atoms with van der Waals surface area (Å²) < 4.78 is 0. The molecule has 3 N–H and O–H groups in total. The third-order valence-corrected chi connectivity index (χ3v) is 4.49.